The summed E-state index contributed by atoms with van der Waals surface area (Å²) in [4.78, 5) is 20.4. The summed E-state index contributed by atoms with van der Waals surface area (Å²) in [6.45, 7) is -0.289. The summed E-state index contributed by atoms with van der Waals surface area (Å²) < 4.78 is 31.1. The third kappa shape index (κ3) is 2.85. The van der Waals surface area contributed by atoms with Gasteiger partial charge in [-0.1, -0.05) is 12.1 Å². The van der Waals surface area contributed by atoms with Gasteiger partial charge in [-0.05, 0) is 41.5 Å². The standard InChI is InChI=1S/C21H13F2N5O/c22-16-7-12(13-3-1-4-18-14(13)9-26-27-18)8-17(23)15(16)11-28-20(29)10-25-19-5-2-6-24-21(19)28/h1-10H,11H2,(H,26,27). The van der Waals surface area contributed by atoms with Crippen LogP contribution in [0.15, 0.2) is 65.8 Å². The van der Waals surface area contributed by atoms with Crippen molar-refractivity contribution in [2.45, 2.75) is 6.54 Å². The molecule has 0 fully saturated rings. The highest BCUT2D eigenvalue weighted by molar-refractivity contribution is 5.94. The van der Waals surface area contributed by atoms with Crippen molar-refractivity contribution < 1.29 is 8.78 Å². The minimum atomic E-state index is -0.742. The zero-order valence-corrected chi connectivity index (χ0v) is 14.9. The second kappa shape index (κ2) is 6.59. The summed E-state index contributed by atoms with van der Waals surface area (Å²) in [6.07, 6.45) is 4.23. The molecule has 3 heterocycles. The Kier molecular flexibility index (Phi) is 3.90. The molecule has 5 rings (SSSR count). The molecule has 0 aliphatic heterocycles. The Morgan fingerprint density at radius 3 is 2.66 bits per heavy atom. The van der Waals surface area contributed by atoms with Gasteiger partial charge >= 0.3 is 0 Å². The fourth-order valence-corrected chi connectivity index (χ4v) is 3.44. The van der Waals surface area contributed by atoms with Crippen molar-refractivity contribution in [3.8, 4) is 11.1 Å². The van der Waals surface area contributed by atoms with E-state index in [0.29, 0.717) is 16.6 Å². The number of halogens is 2. The fourth-order valence-electron chi connectivity index (χ4n) is 3.44. The lowest BCUT2D eigenvalue weighted by Gasteiger charge is -2.12. The summed E-state index contributed by atoms with van der Waals surface area (Å²) in [6, 6.07) is 11.3. The Balaban J connectivity index is 1.63. The van der Waals surface area contributed by atoms with Gasteiger partial charge in [-0.25, -0.2) is 18.7 Å². The Hall–Kier alpha value is -3.94. The van der Waals surface area contributed by atoms with Gasteiger partial charge in [-0.15, -0.1) is 0 Å². The molecule has 0 unspecified atom stereocenters. The number of nitrogens with zero attached hydrogens (tertiary/aromatic N) is 4. The number of benzene rings is 2. The first-order valence-electron chi connectivity index (χ1n) is 8.83. The summed E-state index contributed by atoms with van der Waals surface area (Å²) in [5.74, 6) is -1.48. The van der Waals surface area contributed by atoms with Crippen molar-refractivity contribution in [3.05, 3.63) is 88.6 Å². The number of pyridine rings is 1. The average Bonchev–Trinajstić information content (AvgIpc) is 3.21. The van der Waals surface area contributed by atoms with Gasteiger partial charge < -0.3 is 0 Å². The molecule has 0 saturated carbocycles. The van der Waals surface area contributed by atoms with E-state index in [-0.39, 0.29) is 17.8 Å². The maximum Gasteiger partial charge on any atom is 0.270 e. The van der Waals surface area contributed by atoms with Gasteiger partial charge in [0.15, 0.2) is 5.65 Å². The first-order valence-corrected chi connectivity index (χ1v) is 8.83. The van der Waals surface area contributed by atoms with E-state index in [9.17, 15) is 13.6 Å². The van der Waals surface area contributed by atoms with Crippen LogP contribution in [0.5, 0.6) is 0 Å². The normalized spacial score (nSPS) is 11.4. The molecule has 0 bridgehead atoms. The lowest BCUT2D eigenvalue weighted by molar-refractivity contribution is 0.544. The number of aromatic nitrogens is 5. The van der Waals surface area contributed by atoms with E-state index in [1.165, 1.54) is 22.9 Å². The molecule has 0 spiro atoms. The second-order valence-corrected chi connectivity index (χ2v) is 6.58. The number of H-pyrrole nitrogens is 1. The summed E-state index contributed by atoms with van der Waals surface area (Å²) in [7, 11) is 0. The quantitative estimate of drug-likeness (QED) is 0.511. The van der Waals surface area contributed by atoms with Crippen LogP contribution in [-0.2, 0) is 6.54 Å². The molecule has 6 nitrogen and oxygen atoms in total. The number of aromatic amines is 1. The van der Waals surface area contributed by atoms with E-state index in [4.69, 9.17) is 0 Å². The van der Waals surface area contributed by atoms with Crippen LogP contribution < -0.4 is 5.56 Å². The number of hydrogen-bond donors (Lipinski definition) is 1. The van der Waals surface area contributed by atoms with Crippen LogP contribution in [0.1, 0.15) is 5.56 Å². The highest BCUT2D eigenvalue weighted by Crippen LogP contribution is 2.30. The maximum atomic E-state index is 14.9. The molecule has 0 radical (unpaired) electrons. The van der Waals surface area contributed by atoms with Gasteiger partial charge in [0.05, 0.1) is 24.5 Å². The van der Waals surface area contributed by atoms with Crippen molar-refractivity contribution in [2.75, 3.05) is 0 Å². The molecule has 142 valence electrons. The summed E-state index contributed by atoms with van der Waals surface area (Å²) >= 11 is 0. The first kappa shape index (κ1) is 17.2. The second-order valence-electron chi connectivity index (χ2n) is 6.58. The summed E-state index contributed by atoms with van der Waals surface area (Å²) in [5.41, 5.74) is 1.86. The maximum absolute atomic E-state index is 14.9. The topological polar surface area (TPSA) is 76.5 Å². The predicted molar refractivity (Wildman–Crippen MR) is 104 cm³/mol. The van der Waals surface area contributed by atoms with Crippen LogP contribution in [0.2, 0.25) is 0 Å². The molecule has 1 N–H and O–H groups in total. The van der Waals surface area contributed by atoms with Gasteiger partial charge in [0, 0.05) is 17.1 Å². The van der Waals surface area contributed by atoms with Crippen LogP contribution in [0, 0.1) is 11.6 Å². The number of fused-ring (bicyclic) bond motifs is 2. The van der Waals surface area contributed by atoms with Crippen molar-refractivity contribution in [3.63, 3.8) is 0 Å². The molecule has 29 heavy (non-hydrogen) atoms. The van der Waals surface area contributed by atoms with Crippen LogP contribution in [0.3, 0.4) is 0 Å². The molecular formula is C21H13F2N5O. The molecule has 0 saturated heterocycles. The third-order valence-corrected chi connectivity index (χ3v) is 4.85. The fraction of sp³-hybridized carbons (Fsp3) is 0.0476. The molecule has 2 aromatic carbocycles. The highest BCUT2D eigenvalue weighted by Gasteiger charge is 2.16. The van der Waals surface area contributed by atoms with E-state index in [2.05, 4.69) is 20.2 Å². The van der Waals surface area contributed by atoms with Gasteiger partial charge in [0.25, 0.3) is 5.56 Å². The molecular weight excluding hydrogens is 376 g/mol. The Morgan fingerprint density at radius 2 is 1.83 bits per heavy atom. The minimum absolute atomic E-state index is 0.214. The predicted octanol–water partition coefficient (Wildman–Crippen LogP) is 3.66. The summed E-state index contributed by atoms with van der Waals surface area (Å²) in [5, 5.41) is 7.58. The molecule has 3 aromatic heterocycles. The van der Waals surface area contributed by atoms with Gasteiger partial charge in [-0.2, -0.15) is 5.10 Å². The van der Waals surface area contributed by atoms with E-state index < -0.39 is 17.2 Å². The molecule has 5 aromatic rings. The Labute approximate surface area is 162 Å². The van der Waals surface area contributed by atoms with Crippen LogP contribution in [-0.4, -0.2) is 24.7 Å². The molecule has 0 aliphatic rings. The molecule has 0 atom stereocenters. The van der Waals surface area contributed by atoms with E-state index >= 15 is 0 Å². The van der Waals surface area contributed by atoms with Crippen molar-refractivity contribution >= 4 is 22.1 Å². The lowest BCUT2D eigenvalue weighted by atomic mass is 10.00. The number of hydrogen-bond acceptors (Lipinski definition) is 4. The minimum Gasteiger partial charge on any atom is -0.285 e. The van der Waals surface area contributed by atoms with E-state index in [0.717, 1.165) is 17.1 Å². The molecule has 0 aliphatic carbocycles. The van der Waals surface area contributed by atoms with Gasteiger partial charge in [-0.3, -0.25) is 14.5 Å². The zero-order valence-electron chi connectivity index (χ0n) is 14.9. The highest BCUT2D eigenvalue weighted by atomic mass is 19.1. The van der Waals surface area contributed by atoms with Crippen molar-refractivity contribution in [1.29, 1.82) is 0 Å². The Morgan fingerprint density at radius 1 is 1.00 bits per heavy atom. The van der Waals surface area contributed by atoms with E-state index in [1.54, 1.807) is 30.5 Å². The zero-order chi connectivity index (χ0) is 20.0. The first-order chi connectivity index (χ1) is 14.1. The molecule has 0 amide bonds. The third-order valence-electron chi connectivity index (χ3n) is 4.85. The largest absolute Gasteiger partial charge is 0.285 e. The average molecular weight is 389 g/mol. The number of rotatable bonds is 3. The van der Waals surface area contributed by atoms with Crippen molar-refractivity contribution in [1.82, 2.24) is 24.7 Å². The van der Waals surface area contributed by atoms with Crippen LogP contribution >= 0.6 is 0 Å². The van der Waals surface area contributed by atoms with Crippen molar-refractivity contribution in [2.24, 2.45) is 0 Å². The Bertz CT molecular complexity index is 1420. The van der Waals surface area contributed by atoms with Gasteiger partial charge in [0.2, 0.25) is 0 Å². The van der Waals surface area contributed by atoms with E-state index in [1.807, 2.05) is 6.07 Å². The monoisotopic (exact) mass is 389 g/mol. The molecule has 8 heteroatoms. The smallest absolute Gasteiger partial charge is 0.270 e. The van der Waals surface area contributed by atoms with Crippen LogP contribution in [0.4, 0.5) is 8.78 Å². The SMILES string of the molecule is O=c1cnc2cccnc2n1Cc1c(F)cc(-c2cccc3[nH]ncc23)cc1F. The number of nitrogens with one attached hydrogen (secondary N) is 1. The van der Waals surface area contributed by atoms with Crippen LogP contribution in [0.25, 0.3) is 33.2 Å². The van der Waals surface area contributed by atoms with Gasteiger partial charge in [0.1, 0.15) is 17.2 Å². The lowest BCUT2D eigenvalue weighted by Crippen LogP contribution is -2.23.